The number of rotatable bonds is 6. The number of amides is 1. The van der Waals surface area contributed by atoms with E-state index in [9.17, 15) is 4.79 Å². The first-order valence-corrected chi connectivity index (χ1v) is 8.53. The van der Waals surface area contributed by atoms with Crippen molar-refractivity contribution in [2.24, 2.45) is 0 Å². The Morgan fingerprint density at radius 2 is 1.88 bits per heavy atom. The van der Waals surface area contributed by atoms with Gasteiger partial charge in [-0.05, 0) is 36.4 Å². The summed E-state index contributed by atoms with van der Waals surface area (Å²) < 4.78 is 5.32. The van der Waals surface area contributed by atoms with Crippen LogP contribution in [-0.2, 0) is 4.74 Å². The quantitative estimate of drug-likeness (QED) is 0.820. The monoisotopic (exact) mass is 361 g/mol. The van der Waals surface area contributed by atoms with Crippen LogP contribution in [0.25, 0.3) is 0 Å². The van der Waals surface area contributed by atoms with Crippen LogP contribution < -0.4 is 10.6 Å². The zero-order valence-electron chi connectivity index (χ0n) is 13.7. The van der Waals surface area contributed by atoms with Crippen molar-refractivity contribution in [1.29, 1.82) is 0 Å². The van der Waals surface area contributed by atoms with E-state index in [1.54, 1.807) is 36.4 Å². The molecular weight excluding hydrogens is 342 g/mol. The molecular formula is C17H20ClN5O2. The van der Waals surface area contributed by atoms with Crippen molar-refractivity contribution < 1.29 is 9.53 Å². The first-order chi connectivity index (χ1) is 12.2. The van der Waals surface area contributed by atoms with E-state index >= 15 is 0 Å². The summed E-state index contributed by atoms with van der Waals surface area (Å²) in [5.41, 5.74) is 0.914. The third-order valence-electron chi connectivity index (χ3n) is 3.84. The van der Waals surface area contributed by atoms with Gasteiger partial charge in [-0.15, -0.1) is 10.2 Å². The van der Waals surface area contributed by atoms with Crippen molar-refractivity contribution in [1.82, 2.24) is 15.1 Å². The van der Waals surface area contributed by atoms with E-state index in [1.807, 2.05) is 0 Å². The van der Waals surface area contributed by atoms with Crippen LogP contribution in [0.15, 0.2) is 36.4 Å². The Morgan fingerprint density at radius 1 is 1.12 bits per heavy atom. The van der Waals surface area contributed by atoms with E-state index in [2.05, 4.69) is 25.7 Å². The number of nitrogens with zero attached hydrogens (tertiary/aromatic N) is 3. The Balaban J connectivity index is 1.47. The summed E-state index contributed by atoms with van der Waals surface area (Å²) in [5.74, 6) is 0.339. The lowest BCUT2D eigenvalue weighted by Gasteiger charge is -2.26. The number of carbonyl (C=O) groups excluding carboxylic acids is 1. The van der Waals surface area contributed by atoms with Crippen LogP contribution in [-0.4, -0.2) is 60.4 Å². The van der Waals surface area contributed by atoms with Gasteiger partial charge in [0, 0.05) is 36.9 Å². The molecule has 0 radical (unpaired) electrons. The molecule has 1 amide bonds. The average molecular weight is 362 g/mol. The minimum absolute atomic E-state index is 0.258. The fraction of sp³-hybridized carbons (Fsp3) is 0.353. The standard InChI is InChI=1S/C17H20ClN5O2/c18-13-1-3-14(4-2-13)20-17(24)15-5-6-16(22-21-15)19-7-8-23-9-11-25-12-10-23/h1-6H,7-12H2,(H,19,22)(H,20,24). The lowest BCUT2D eigenvalue weighted by Crippen LogP contribution is -2.39. The van der Waals surface area contributed by atoms with Gasteiger partial charge < -0.3 is 15.4 Å². The second-order valence-corrected chi connectivity index (χ2v) is 6.08. The maximum absolute atomic E-state index is 12.1. The summed E-state index contributed by atoms with van der Waals surface area (Å²) in [6.45, 7) is 5.18. The van der Waals surface area contributed by atoms with Crippen molar-refractivity contribution >= 4 is 29.0 Å². The molecule has 2 N–H and O–H groups in total. The highest BCUT2D eigenvalue weighted by Crippen LogP contribution is 2.14. The van der Waals surface area contributed by atoms with E-state index < -0.39 is 0 Å². The molecule has 0 aliphatic carbocycles. The van der Waals surface area contributed by atoms with Gasteiger partial charge in [-0.3, -0.25) is 9.69 Å². The molecule has 1 aliphatic rings. The number of benzene rings is 1. The minimum atomic E-state index is -0.310. The molecule has 0 saturated carbocycles. The summed E-state index contributed by atoms with van der Waals surface area (Å²) in [6.07, 6.45) is 0. The van der Waals surface area contributed by atoms with Crippen LogP contribution in [0.1, 0.15) is 10.5 Å². The highest BCUT2D eigenvalue weighted by Gasteiger charge is 2.11. The van der Waals surface area contributed by atoms with E-state index in [-0.39, 0.29) is 11.6 Å². The Hall–Kier alpha value is -2.22. The second-order valence-electron chi connectivity index (χ2n) is 5.65. The van der Waals surface area contributed by atoms with Crippen molar-refractivity contribution in [3.05, 3.63) is 47.1 Å². The molecule has 0 atom stereocenters. The molecule has 2 aromatic rings. The zero-order valence-corrected chi connectivity index (χ0v) is 14.5. The van der Waals surface area contributed by atoms with Gasteiger partial charge in [-0.2, -0.15) is 0 Å². The first kappa shape index (κ1) is 17.6. The number of ether oxygens (including phenoxy) is 1. The largest absolute Gasteiger partial charge is 0.379 e. The Labute approximate surface area is 151 Å². The van der Waals surface area contributed by atoms with Gasteiger partial charge in [0.1, 0.15) is 5.82 Å². The molecule has 1 fully saturated rings. The predicted molar refractivity (Wildman–Crippen MR) is 97.2 cm³/mol. The maximum atomic E-state index is 12.1. The smallest absolute Gasteiger partial charge is 0.276 e. The summed E-state index contributed by atoms with van der Waals surface area (Å²) in [6, 6.07) is 10.3. The van der Waals surface area contributed by atoms with E-state index in [0.29, 0.717) is 16.5 Å². The van der Waals surface area contributed by atoms with Gasteiger partial charge in [0.05, 0.1) is 13.2 Å². The summed E-state index contributed by atoms with van der Waals surface area (Å²) in [4.78, 5) is 14.5. The number of hydrogen-bond acceptors (Lipinski definition) is 6. The molecule has 1 aliphatic heterocycles. The Kier molecular flexibility index (Phi) is 6.16. The van der Waals surface area contributed by atoms with Crippen LogP contribution >= 0.6 is 11.6 Å². The third-order valence-corrected chi connectivity index (χ3v) is 4.09. The molecule has 25 heavy (non-hydrogen) atoms. The van der Waals surface area contributed by atoms with Crippen molar-refractivity contribution in [3.8, 4) is 0 Å². The van der Waals surface area contributed by atoms with Crippen LogP contribution in [0.3, 0.4) is 0 Å². The summed E-state index contributed by atoms with van der Waals surface area (Å²) >= 11 is 5.82. The van der Waals surface area contributed by atoms with Gasteiger partial charge in [0.15, 0.2) is 5.69 Å². The Bertz CT molecular complexity index is 687. The first-order valence-electron chi connectivity index (χ1n) is 8.15. The molecule has 0 bridgehead atoms. The van der Waals surface area contributed by atoms with E-state index in [4.69, 9.17) is 16.3 Å². The zero-order chi connectivity index (χ0) is 17.5. The number of nitrogens with one attached hydrogen (secondary N) is 2. The fourth-order valence-electron chi connectivity index (χ4n) is 2.44. The minimum Gasteiger partial charge on any atom is -0.379 e. The normalized spacial score (nSPS) is 14.9. The SMILES string of the molecule is O=C(Nc1ccc(Cl)cc1)c1ccc(NCCN2CCOCC2)nn1. The lowest BCUT2D eigenvalue weighted by atomic mass is 10.3. The van der Waals surface area contributed by atoms with Crippen LogP contribution in [0.2, 0.25) is 5.02 Å². The van der Waals surface area contributed by atoms with E-state index in [1.165, 1.54) is 0 Å². The van der Waals surface area contributed by atoms with Gasteiger partial charge in [-0.1, -0.05) is 11.6 Å². The third kappa shape index (κ3) is 5.38. The van der Waals surface area contributed by atoms with Crippen molar-refractivity contribution in [3.63, 3.8) is 0 Å². The molecule has 2 heterocycles. The topological polar surface area (TPSA) is 79.4 Å². The highest BCUT2D eigenvalue weighted by molar-refractivity contribution is 6.30. The molecule has 8 heteroatoms. The Morgan fingerprint density at radius 3 is 2.56 bits per heavy atom. The van der Waals surface area contributed by atoms with Gasteiger partial charge >= 0.3 is 0 Å². The van der Waals surface area contributed by atoms with Gasteiger partial charge in [0.2, 0.25) is 0 Å². The fourth-order valence-corrected chi connectivity index (χ4v) is 2.57. The lowest BCUT2D eigenvalue weighted by molar-refractivity contribution is 0.0398. The van der Waals surface area contributed by atoms with Crippen LogP contribution in [0.4, 0.5) is 11.5 Å². The summed E-state index contributed by atoms with van der Waals surface area (Å²) in [5, 5.41) is 14.6. The molecule has 1 saturated heterocycles. The van der Waals surface area contributed by atoms with Crippen molar-refractivity contribution in [2.45, 2.75) is 0 Å². The number of aromatic nitrogens is 2. The average Bonchev–Trinajstić information content (AvgIpc) is 2.65. The molecule has 0 spiro atoms. The molecule has 132 valence electrons. The maximum Gasteiger partial charge on any atom is 0.276 e. The molecule has 0 unspecified atom stereocenters. The number of hydrogen-bond donors (Lipinski definition) is 2. The molecule has 1 aromatic carbocycles. The number of halogens is 1. The number of morpholine rings is 1. The number of anilines is 2. The highest BCUT2D eigenvalue weighted by atomic mass is 35.5. The molecule has 7 nitrogen and oxygen atoms in total. The second kappa shape index (κ2) is 8.75. The van der Waals surface area contributed by atoms with Gasteiger partial charge in [-0.25, -0.2) is 0 Å². The van der Waals surface area contributed by atoms with Gasteiger partial charge in [0.25, 0.3) is 5.91 Å². The van der Waals surface area contributed by atoms with E-state index in [0.717, 1.165) is 39.4 Å². The van der Waals surface area contributed by atoms with Crippen LogP contribution in [0, 0.1) is 0 Å². The van der Waals surface area contributed by atoms with Crippen LogP contribution in [0.5, 0.6) is 0 Å². The van der Waals surface area contributed by atoms with Crippen molar-refractivity contribution in [2.75, 3.05) is 50.0 Å². The number of carbonyl (C=O) groups is 1. The molecule has 3 rings (SSSR count). The summed E-state index contributed by atoms with van der Waals surface area (Å²) in [7, 11) is 0. The predicted octanol–water partition coefficient (Wildman–Crippen LogP) is 2.13. The molecule has 1 aromatic heterocycles.